The van der Waals surface area contributed by atoms with Crippen LogP contribution in [0.5, 0.6) is 0 Å². The molecule has 0 atom stereocenters. The molecular formula is C9H14N4O. The summed E-state index contributed by atoms with van der Waals surface area (Å²) < 4.78 is 1.65. The minimum atomic E-state index is -0.0474. The molecule has 5 heteroatoms. The van der Waals surface area contributed by atoms with Crippen molar-refractivity contribution in [3.05, 3.63) is 17.8 Å². The second kappa shape index (κ2) is 4.45. The fraction of sp³-hybridized carbons (Fsp3) is 0.333. The second-order valence-electron chi connectivity index (χ2n) is 2.98. The molecule has 1 aromatic heterocycles. The third-order valence-corrected chi connectivity index (χ3v) is 1.65. The molecule has 1 heterocycles. The van der Waals surface area contributed by atoms with Gasteiger partial charge in [0.05, 0.1) is 0 Å². The summed E-state index contributed by atoms with van der Waals surface area (Å²) in [4.78, 5) is 10.5. The van der Waals surface area contributed by atoms with Gasteiger partial charge in [-0.3, -0.25) is 9.48 Å². The van der Waals surface area contributed by atoms with Crippen LogP contribution in [0.2, 0.25) is 0 Å². The zero-order chi connectivity index (χ0) is 10.6. The van der Waals surface area contributed by atoms with E-state index in [4.69, 9.17) is 5.73 Å². The topological polar surface area (TPSA) is 72.9 Å². The van der Waals surface area contributed by atoms with Gasteiger partial charge in [-0.2, -0.15) is 5.10 Å². The van der Waals surface area contributed by atoms with Crippen LogP contribution in [0, 0.1) is 0 Å². The molecule has 1 rings (SSSR count). The van der Waals surface area contributed by atoms with Gasteiger partial charge in [0.2, 0.25) is 5.91 Å². The van der Waals surface area contributed by atoms with Gasteiger partial charge in [0.15, 0.2) is 5.82 Å². The van der Waals surface area contributed by atoms with Crippen molar-refractivity contribution >= 4 is 17.8 Å². The number of carbonyl (C=O) groups is 1. The van der Waals surface area contributed by atoms with Crippen LogP contribution in [-0.4, -0.2) is 22.2 Å². The monoisotopic (exact) mass is 194 g/mol. The van der Waals surface area contributed by atoms with Crippen molar-refractivity contribution in [2.24, 2.45) is 7.05 Å². The Morgan fingerprint density at radius 2 is 2.50 bits per heavy atom. The van der Waals surface area contributed by atoms with E-state index in [9.17, 15) is 4.79 Å². The number of carbonyl (C=O) groups excluding carboxylic acids is 1. The number of rotatable bonds is 3. The highest BCUT2D eigenvalue weighted by Crippen LogP contribution is 2.09. The van der Waals surface area contributed by atoms with Gasteiger partial charge in [-0.05, 0) is 0 Å². The minimum Gasteiger partial charge on any atom is -0.382 e. The molecule has 0 aliphatic heterocycles. The van der Waals surface area contributed by atoms with Gasteiger partial charge in [0, 0.05) is 32.3 Å². The first kappa shape index (κ1) is 10.3. The summed E-state index contributed by atoms with van der Waals surface area (Å²) in [5, 5.41) is 6.63. The van der Waals surface area contributed by atoms with E-state index >= 15 is 0 Å². The fourth-order valence-electron chi connectivity index (χ4n) is 1.04. The van der Waals surface area contributed by atoms with Crippen LogP contribution < -0.4 is 11.1 Å². The van der Waals surface area contributed by atoms with Gasteiger partial charge in [-0.1, -0.05) is 12.2 Å². The first-order valence-electron chi connectivity index (χ1n) is 4.29. The van der Waals surface area contributed by atoms with Crippen molar-refractivity contribution < 1.29 is 4.79 Å². The first-order chi connectivity index (χ1) is 6.59. The first-order valence-corrected chi connectivity index (χ1v) is 4.29. The Morgan fingerprint density at radius 1 is 1.79 bits per heavy atom. The van der Waals surface area contributed by atoms with E-state index in [0.29, 0.717) is 12.4 Å². The number of nitrogen functional groups attached to an aromatic ring is 1. The van der Waals surface area contributed by atoms with E-state index in [0.717, 1.165) is 5.56 Å². The molecule has 0 fully saturated rings. The van der Waals surface area contributed by atoms with Crippen molar-refractivity contribution in [3.8, 4) is 0 Å². The van der Waals surface area contributed by atoms with Crippen molar-refractivity contribution in [1.29, 1.82) is 0 Å². The zero-order valence-electron chi connectivity index (χ0n) is 8.32. The lowest BCUT2D eigenvalue weighted by Gasteiger charge is -1.93. The highest BCUT2D eigenvalue weighted by molar-refractivity contribution is 5.73. The average Bonchev–Trinajstić information content (AvgIpc) is 2.39. The molecule has 0 spiro atoms. The molecule has 0 aromatic carbocycles. The van der Waals surface area contributed by atoms with Crippen LogP contribution in [0.25, 0.3) is 6.08 Å². The van der Waals surface area contributed by atoms with Crippen molar-refractivity contribution in [1.82, 2.24) is 15.1 Å². The molecule has 0 aliphatic rings. The van der Waals surface area contributed by atoms with Gasteiger partial charge in [-0.25, -0.2) is 0 Å². The smallest absolute Gasteiger partial charge is 0.217 e. The molecule has 0 saturated heterocycles. The molecule has 1 amide bonds. The van der Waals surface area contributed by atoms with Crippen LogP contribution in [-0.2, 0) is 11.8 Å². The third-order valence-electron chi connectivity index (χ3n) is 1.65. The molecule has 0 bridgehead atoms. The Morgan fingerprint density at radius 3 is 3.00 bits per heavy atom. The second-order valence-corrected chi connectivity index (χ2v) is 2.98. The van der Waals surface area contributed by atoms with E-state index in [1.54, 1.807) is 4.68 Å². The average molecular weight is 194 g/mol. The summed E-state index contributed by atoms with van der Waals surface area (Å²) in [6, 6.07) is 0. The van der Waals surface area contributed by atoms with E-state index in [1.165, 1.54) is 6.92 Å². The number of nitrogens with zero attached hydrogens (tertiary/aromatic N) is 2. The van der Waals surface area contributed by atoms with Crippen LogP contribution in [0.1, 0.15) is 12.5 Å². The SMILES string of the molecule is CC(=O)NCC=Cc1cn(C)nc1N. The predicted octanol–water partition coefficient (Wildman–Crippen LogP) is 0.152. The molecule has 14 heavy (non-hydrogen) atoms. The molecule has 0 aliphatic carbocycles. The summed E-state index contributed by atoms with van der Waals surface area (Å²) in [6.45, 7) is 1.98. The maximum Gasteiger partial charge on any atom is 0.217 e. The quantitative estimate of drug-likeness (QED) is 0.719. The van der Waals surface area contributed by atoms with Crippen molar-refractivity contribution in [3.63, 3.8) is 0 Å². The third kappa shape index (κ3) is 2.93. The summed E-state index contributed by atoms with van der Waals surface area (Å²) in [7, 11) is 1.81. The molecule has 1 aromatic rings. The van der Waals surface area contributed by atoms with Crippen LogP contribution in [0.15, 0.2) is 12.3 Å². The number of anilines is 1. The normalized spacial score (nSPS) is 10.7. The summed E-state index contributed by atoms with van der Waals surface area (Å²) in [6.07, 6.45) is 5.48. The molecule has 0 saturated carbocycles. The number of aryl methyl sites for hydroxylation is 1. The standard InChI is InChI=1S/C9H14N4O/c1-7(14)11-5-3-4-8-6-13(2)12-9(8)10/h3-4,6H,5H2,1-2H3,(H2,10,12)(H,11,14). The maximum absolute atomic E-state index is 10.5. The molecule has 76 valence electrons. The van der Waals surface area contributed by atoms with Gasteiger partial charge in [0.25, 0.3) is 0 Å². The summed E-state index contributed by atoms with van der Waals surface area (Å²) >= 11 is 0. The Kier molecular flexibility index (Phi) is 3.28. The van der Waals surface area contributed by atoms with Crippen LogP contribution in [0.4, 0.5) is 5.82 Å². The molecule has 3 N–H and O–H groups in total. The number of aromatic nitrogens is 2. The van der Waals surface area contributed by atoms with Gasteiger partial charge in [0.1, 0.15) is 0 Å². The number of hydrogen-bond acceptors (Lipinski definition) is 3. The number of amides is 1. The van der Waals surface area contributed by atoms with E-state index in [1.807, 2.05) is 25.4 Å². The molecular weight excluding hydrogens is 180 g/mol. The Balaban J connectivity index is 2.51. The van der Waals surface area contributed by atoms with Crippen molar-refractivity contribution in [2.75, 3.05) is 12.3 Å². The zero-order valence-corrected chi connectivity index (χ0v) is 8.32. The predicted molar refractivity (Wildman–Crippen MR) is 55.3 cm³/mol. The molecule has 0 unspecified atom stereocenters. The number of nitrogens with two attached hydrogens (primary N) is 1. The van der Waals surface area contributed by atoms with E-state index < -0.39 is 0 Å². The highest BCUT2D eigenvalue weighted by Gasteiger charge is 1.98. The van der Waals surface area contributed by atoms with Crippen LogP contribution in [0.3, 0.4) is 0 Å². The number of nitrogens with one attached hydrogen (secondary N) is 1. The van der Waals surface area contributed by atoms with Crippen molar-refractivity contribution in [2.45, 2.75) is 6.92 Å². The lowest BCUT2D eigenvalue weighted by molar-refractivity contribution is -0.118. The van der Waals surface area contributed by atoms with Crippen LogP contribution >= 0.6 is 0 Å². The Bertz CT molecular complexity index is 354. The van der Waals surface area contributed by atoms with Gasteiger partial charge >= 0.3 is 0 Å². The maximum atomic E-state index is 10.5. The summed E-state index contributed by atoms with van der Waals surface area (Å²) in [5.41, 5.74) is 6.47. The Hall–Kier alpha value is -1.78. The van der Waals surface area contributed by atoms with E-state index in [-0.39, 0.29) is 5.91 Å². The lowest BCUT2D eigenvalue weighted by Crippen LogP contribution is -2.19. The molecule has 5 nitrogen and oxygen atoms in total. The highest BCUT2D eigenvalue weighted by atomic mass is 16.1. The lowest BCUT2D eigenvalue weighted by atomic mass is 10.3. The summed E-state index contributed by atoms with van der Waals surface area (Å²) in [5.74, 6) is 0.445. The molecule has 0 radical (unpaired) electrons. The Labute approximate surface area is 82.6 Å². The van der Waals surface area contributed by atoms with Gasteiger partial charge in [-0.15, -0.1) is 0 Å². The largest absolute Gasteiger partial charge is 0.382 e. The van der Waals surface area contributed by atoms with Gasteiger partial charge < -0.3 is 11.1 Å². The minimum absolute atomic E-state index is 0.0474. The fourth-order valence-corrected chi connectivity index (χ4v) is 1.04. The van der Waals surface area contributed by atoms with E-state index in [2.05, 4.69) is 10.4 Å². The number of hydrogen-bond donors (Lipinski definition) is 2.